The van der Waals surface area contributed by atoms with E-state index < -0.39 is 0 Å². The third-order valence-electron chi connectivity index (χ3n) is 5.92. The van der Waals surface area contributed by atoms with Gasteiger partial charge in [-0.3, -0.25) is 4.90 Å². The number of rotatable bonds is 7. The summed E-state index contributed by atoms with van der Waals surface area (Å²) in [5.41, 5.74) is 2.69. The Morgan fingerprint density at radius 3 is 2.41 bits per heavy atom. The van der Waals surface area contributed by atoms with Crippen molar-refractivity contribution in [2.24, 2.45) is 10.9 Å². The third-order valence-corrected chi connectivity index (χ3v) is 5.92. The average molecular weight is 514 g/mol. The van der Waals surface area contributed by atoms with Gasteiger partial charge in [0.2, 0.25) is 0 Å². The molecule has 0 saturated carbocycles. The predicted octanol–water partition coefficient (Wildman–Crippen LogP) is 3.69. The minimum Gasteiger partial charge on any atom is -0.357 e. The summed E-state index contributed by atoms with van der Waals surface area (Å²) in [7, 11) is 2.22. The second-order valence-electron chi connectivity index (χ2n) is 8.50. The van der Waals surface area contributed by atoms with Crippen LogP contribution in [-0.4, -0.2) is 62.1 Å². The summed E-state index contributed by atoms with van der Waals surface area (Å²) in [5.74, 6) is 1.66. The van der Waals surface area contributed by atoms with Crippen LogP contribution < -0.4 is 10.6 Å². The molecule has 0 aromatic heterocycles. The van der Waals surface area contributed by atoms with E-state index in [0.717, 1.165) is 38.1 Å². The third kappa shape index (κ3) is 8.80. The SMILES string of the molecule is CCNC(=NCc1ccc(CN2CCCCC2)cc1)NCC1CCCN(C)C1.I. The Bertz CT molecular complexity index is 598. The Kier molecular flexibility index (Phi) is 11.3. The number of halogens is 1. The van der Waals surface area contributed by atoms with Gasteiger partial charge in [-0.1, -0.05) is 30.7 Å². The van der Waals surface area contributed by atoms with Crippen molar-refractivity contribution in [1.82, 2.24) is 20.4 Å². The Labute approximate surface area is 194 Å². The van der Waals surface area contributed by atoms with Crippen molar-refractivity contribution in [3.05, 3.63) is 35.4 Å². The fraction of sp³-hybridized carbons (Fsp3) is 0.696. The molecule has 2 N–H and O–H groups in total. The van der Waals surface area contributed by atoms with E-state index >= 15 is 0 Å². The fourth-order valence-corrected chi connectivity index (χ4v) is 4.32. The van der Waals surface area contributed by atoms with Crippen molar-refractivity contribution in [2.75, 3.05) is 46.3 Å². The summed E-state index contributed by atoms with van der Waals surface area (Å²) in [6.07, 6.45) is 6.72. The number of guanidine groups is 1. The fourth-order valence-electron chi connectivity index (χ4n) is 4.32. The highest BCUT2D eigenvalue weighted by molar-refractivity contribution is 14.0. The van der Waals surface area contributed by atoms with E-state index in [2.05, 4.69) is 58.7 Å². The number of hydrogen-bond donors (Lipinski definition) is 2. The van der Waals surface area contributed by atoms with Crippen LogP contribution in [0.3, 0.4) is 0 Å². The van der Waals surface area contributed by atoms with Crippen LogP contribution in [-0.2, 0) is 13.1 Å². The summed E-state index contributed by atoms with van der Waals surface area (Å²) < 4.78 is 0. The maximum atomic E-state index is 4.80. The molecule has 2 aliphatic rings. The standard InChI is InChI=1S/C23H39N5.HI/c1-3-24-23(26-17-22-8-7-13-27(2)18-22)25-16-20-9-11-21(12-10-20)19-28-14-5-4-6-15-28;/h9-12,22H,3-8,13-19H2,1-2H3,(H2,24,25,26);1H. The molecule has 0 aliphatic carbocycles. The van der Waals surface area contributed by atoms with Crippen molar-refractivity contribution in [3.8, 4) is 0 Å². The molecule has 0 radical (unpaired) electrons. The van der Waals surface area contributed by atoms with Gasteiger partial charge in [-0.05, 0) is 76.3 Å². The summed E-state index contributed by atoms with van der Waals surface area (Å²) >= 11 is 0. The second-order valence-corrected chi connectivity index (χ2v) is 8.50. The quantitative estimate of drug-likeness (QED) is 0.332. The molecule has 6 heteroatoms. The largest absolute Gasteiger partial charge is 0.357 e. The lowest BCUT2D eigenvalue weighted by molar-refractivity contribution is 0.210. The second kappa shape index (κ2) is 13.4. The minimum absolute atomic E-state index is 0. The van der Waals surface area contributed by atoms with Crippen LogP contribution in [0.4, 0.5) is 0 Å². The first-order chi connectivity index (χ1) is 13.7. The van der Waals surface area contributed by atoms with E-state index in [0.29, 0.717) is 0 Å². The van der Waals surface area contributed by atoms with E-state index in [4.69, 9.17) is 4.99 Å². The van der Waals surface area contributed by atoms with Crippen molar-refractivity contribution in [3.63, 3.8) is 0 Å². The molecule has 2 saturated heterocycles. The first kappa shape index (κ1) is 24.4. The molecule has 2 heterocycles. The lowest BCUT2D eigenvalue weighted by atomic mass is 9.99. The van der Waals surface area contributed by atoms with Crippen molar-refractivity contribution < 1.29 is 0 Å². The number of nitrogens with one attached hydrogen (secondary N) is 2. The first-order valence-electron chi connectivity index (χ1n) is 11.2. The van der Waals surface area contributed by atoms with E-state index in [1.807, 2.05) is 0 Å². The number of nitrogens with zero attached hydrogens (tertiary/aromatic N) is 3. The van der Waals surface area contributed by atoms with E-state index in [9.17, 15) is 0 Å². The highest BCUT2D eigenvalue weighted by atomic mass is 127. The van der Waals surface area contributed by atoms with E-state index in [-0.39, 0.29) is 24.0 Å². The summed E-state index contributed by atoms with van der Waals surface area (Å²) in [5, 5.41) is 6.94. The molecule has 0 bridgehead atoms. The molecule has 2 fully saturated rings. The van der Waals surface area contributed by atoms with Gasteiger partial charge in [0.05, 0.1) is 6.54 Å². The van der Waals surface area contributed by atoms with Crippen molar-refractivity contribution in [2.45, 2.75) is 52.1 Å². The molecule has 0 amide bonds. The van der Waals surface area contributed by atoms with Crippen molar-refractivity contribution >= 4 is 29.9 Å². The van der Waals surface area contributed by atoms with Gasteiger partial charge in [0.25, 0.3) is 0 Å². The first-order valence-corrected chi connectivity index (χ1v) is 11.2. The molecule has 5 nitrogen and oxygen atoms in total. The summed E-state index contributed by atoms with van der Waals surface area (Å²) in [4.78, 5) is 9.81. The Hall–Kier alpha value is -0.860. The minimum atomic E-state index is 0. The number of benzene rings is 1. The number of aliphatic imine (C=N–C) groups is 1. The molecule has 1 unspecified atom stereocenters. The Balaban J connectivity index is 0.00000300. The van der Waals surface area contributed by atoms with E-state index in [1.165, 1.54) is 69.4 Å². The summed E-state index contributed by atoms with van der Waals surface area (Å²) in [6.45, 7) is 10.8. The average Bonchev–Trinajstić information content (AvgIpc) is 2.72. The maximum absolute atomic E-state index is 4.80. The normalized spacial score (nSPS) is 21.4. The van der Waals surface area contributed by atoms with Crippen LogP contribution in [0.15, 0.2) is 29.3 Å². The van der Waals surface area contributed by atoms with Gasteiger partial charge in [-0.15, -0.1) is 24.0 Å². The van der Waals surface area contributed by atoms with Gasteiger partial charge in [-0.2, -0.15) is 0 Å². The topological polar surface area (TPSA) is 42.9 Å². The molecule has 29 heavy (non-hydrogen) atoms. The number of likely N-dealkylation sites (tertiary alicyclic amines) is 2. The smallest absolute Gasteiger partial charge is 0.191 e. The molecule has 1 aromatic rings. The number of piperidine rings is 2. The molecule has 1 aromatic carbocycles. The van der Waals surface area contributed by atoms with Crippen LogP contribution in [0.2, 0.25) is 0 Å². The van der Waals surface area contributed by atoms with Crippen LogP contribution in [0.5, 0.6) is 0 Å². The zero-order valence-corrected chi connectivity index (χ0v) is 20.7. The van der Waals surface area contributed by atoms with Crippen molar-refractivity contribution in [1.29, 1.82) is 0 Å². The molecule has 2 aliphatic heterocycles. The highest BCUT2D eigenvalue weighted by Crippen LogP contribution is 2.15. The lowest BCUT2D eigenvalue weighted by Gasteiger charge is -2.30. The molecule has 3 rings (SSSR count). The highest BCUT2D eigenvalue weighted by Gasteiger charge is 2.17. The predicted molar refractivity (Wildman–Crippen MR) is 134 cm³/mol. The maximum Gasteiger partial charge on any atom is 0.191 e. The lowest BCUT2D eigenvalue weighted by Crippen LogP contribution is -2.43. The van der Waals surface area contributed by atoms with Gasteiger partial charge in [0.1, 0.15) is 0 Å². The van der Waals surface area contributed by atoms with E-state index in [1.54, 1.807) is 0 Å². The van der Waals surface area contributed by atoms with Crippen LogP contribution >= 0.6 is 24.0 Å². The van der Waals surface area contributed by atoms with Gasteiger partial charge in [0.15, 0.2) is 5.96 Å². The molecule has 164 valence electrons. The molecule has 1 atom stereocenters. The van der Waals surface area contributed by atoms with Crippen LogP contribution in [0.25, 0.3) is 0 Å². The number of hydrogen-bond acceptors (Lipinski definition) is 3. The molecular formula is C23H40IN5. The van der Waals surface area contributed by atoms with Crippen LogP contribution in [0.1, 0.15) is 50.2 Å². The Morgan fingerprint density at radius 2 is 1.72 bits per heavy atom. The monoisotopic (exact) mass is 513 g/mol. The Morgan fingerprint density at radius 1 is 1.00 bits per heavy atom. The van der Waals surface area contributed by atoms with Gasteiger partial charge < -0.3 is 15.5 Å². The molecule has 0 spiro atoms. The molecular weight excluding hydrogens is 473 g/mol. The summed E-state index contributed by atoms with van der Waals surface area (Å²) in [6, 6.07) is 9.03. The zero-order valence-electron chi connectivity index (χ0n) is 18.3. The van der Waals surface area contributed by atoms with Gasteiger partial charge in [0, 0.05) is 26.2 Å². The zero-order chi connectivity index (χ0) is 19.6. The van der Waals surface area contributed by atoms with Gasteiger partial charge in [-0.25, -0.2) is 4.99 Å². The van der Waals surface area contributed by atoms with Crippen LogP contribution in [0, 0.1) is 5.92 Å². The van der Waals surface area contributed by atoms with Gasteiger partial charge >= 0.3 is 0 Å².